The molecule has 5 nitrogen and oxygen atoms in total. The third-order valence-electron chi connectivity index (χ3n) is 4.20. The van der Waals surface area contributed by atoms with Crippen LogP contribution in [0.5, 0.6) is 0 Å². The minimum atomic E-state index is -3.32. The Labute approximate surface area is 152 Å². The van der Waals surface area contributed by atoms with Gasteiger partial charge in [0.25, 0.3) is 0 Å². The van der Waals surface area contributed by atoms with E-state index >= 15 is 0 Å². The highest BCUT2D eigenvalue weighted by Gasteiger charge is 2.22. The van der Waals surface area contributed by atoms with E-state index in [9.17, 15) is 13.2 Å². The SMILES string of the molecule is CC(C)c1cccc(C(C)C)c1NC(=O)CCN(C(C)C)S(C)(=O)=O. The van der Waals surface area contributed by atoms with Gasteiger partial charge in [-0.15, -0.1) is 0 Å². The quantitative estimate of drug-likeness (QED) is 0.756. The summed E-state index contributed by atoms with van der Waals surface area (Å²) in [6, 6.07) is 5.91. The summed E-state index contributed by atoms with van der Waals surface area (Å²) < 4.78 is 25.0. The fourth-order valence-electron chi connectivity index (χ4n) is 2.92. The number of amides is 1. The maximum Gasteiger partial charge on any atom is 0.225 e. The average molecular weight is 369 g/mol. The first-order valence-corrected chi connectivity index (χ1v) is 10.7. The van der Waals surface area contributed by atoms with E-state index in [0.717, 1.165) is 16.8 Å². The zero-order valence-corrected chi connectivity index (χ0v) is 17.3. The van der Waals surface area contributed by atoms with Crippen LogP contribution < -0.4 is 5.32 Å². The first-order chi connectivity index (χ1) is 11.4. The molecule has 0 aromatic heterocycles. The molecule has 1 N–H and O–H groups in total. The van der Waals surface area contributed by atoms with Crippen molar-refractivity contribution >= 4 is 21.6 Å². The van der Waals surface area contributed by atoms with Gasteiger partial charge in [0.15, 0.2) is 0 Å². The molecule has 0 heterocycles. The molecule has 0 aliphatic heterocycles. The third kappa shape index (κ3) is 6.12. The van der Waals surface area contributed by atoms with Gasteiger partial charge in [0.1, 0.15) is 0 Å². The van der Waals surface area contributed by atoms with Gasteiger partial charge < -0.3 is 5.32 Å². The van der Waals surface area contributed by atoms with E-state index in [0.29, 0.717) is 0 Å². The van der Waals surface area contributed by atoms with E-state index in [1.807, 2.05) is 32.0 Å². The van der Waals surface area contributed by atoms with Crippen molar-refractivity contribution in [1.82, 2.24) is 4.31 Å². The van der Waals surface area contributed by atoms with Gasteiger partial charge in [-0.3, -0.25) is 4.79 Å². The topological polar surface area (TPSA) is 66.5 Å². The first-order valence-electron chi connectivity index (χ1n) is 8.84. The normalized spacial score (nSPS) is 12.4. The van der Waals surface area contributed by atoms with E-state index in [2.05, 4.69) is 33.0 Å². The van der Waals surface area contributed by atoms with Crippen LogP contribution in [0.2, 0.25) is 0 Å². The fraction of sp³-hybridized carbons (Fsp3) is 0.632. The summed E-state index contributed by atoms with van der Waals surface area (Å²) in [6.45, 7) is 12.2. The van der Waals surface area contributed by atoms with E-state index in [1.165, 1.54) is 10.6 Å². The lowest BCUT2D eigenvalue weighted by molar-refractivity contribution is -0.116. The van der Waals surface area contributed by atoms with Gasteiger partial charge >= 0.3 is 0 Å². The molecule has 0 bridgehead atoms. The maximum absolute atomic E-state index is 12.5. The van der Waals surface area contributed by atoms with Crippen LogP contribution >= 0.6 is 0 Å². The number of anilines is 1. The van der Waals surface area contributed by atoms with Crippen LogP contribution in [0.3, 0.4) is 0 Å². The second-order valence-corrected chi connectivity index (χ2v) is 9.32. The highest BCUT2D eigenvalue weighted by atomic mass is 32.2. The van der Waals surface area contributed by atoms with Gasteiger partial charge in [-0.05, 0) is 36.8 Å². The van der Waals surface area contributed by atoms with Gasteiger partial charge in [0.05, 0.1) is 6.26 Å². The van der Waals surface area contributed by atoms with Gasteiger partial charge in [-0.2, -0.15) is 4.31 Å². The number of sulfonamides is 1. The molecule has 1 aromatic carbocycles. The second kappa shape index (κ2) is 8.81. The van der Waals surface area contributed by atoms with E-state index in [4.69, 9.17) is 0 Å². The predicted octanol–water partition coefficient (Wildman–Crippen LogP) is 3.93. The summed E-state index contributed by atoms with van der Waals surface area (Å²) in [6.07, 6.45) is 1.31. The second-order valence-electron chi connectivity index (χ2n) is 7.39. The molecular weight excluding hydrogens is 336 g/mol. The summed E-state index contributed by atoms with van der Waals surface area (Å²) in [5.74, 6) is 0.415. The fourth-order valence-corrected chi connectivity index (χ4v) is 4.10. The van der Waals surface area contributed by atoms with Crippen molar-refractivity contribution in [2.75, 3.05) is 18.1 Å². The van der Waals surface area contributed by atoms with E-state index < -0.39 is 10.0 Å². The Balaban J connectivity index is 2.97. The van der Waals surface area contributed by atoms with Crippen molar-refractivity contribution in [3.8, 4) is 0 Å². The molecule has 1 aromatic rings. The molecule has 142 valence electrons. The Kier molecular flexibility index (Phi) is 7.62. The molecule has 0 saturated carbocycles. The largest absolute Gasteiger partial charge is 0.326 e. The smallest absolute Gasteiger partial charge is 0.225 e. The van der Waals surface area contributed by atoms with Crippen molar-refractivity contribution in [3.05, 3.63) is 29.3 Å². The van der Waals surface area contributed by atoms with Crippen LogP contribution in [0.1, 0.15) is 70.9 Å². The zero-order chi connectivity index (χ0) is 19.4. The molecule has 0 unspecified atom stereocenters. The van der Waals surface area contributed by atoms with Crippen molar-refractivity contribution in [2.45, 2.75) is 65.8 Å². The van der Waals surface area contributed by atoms with E-state index in [1.54, 1.807) is 0 Å². The zero-order valence-electron chi connectivity index (χ0n) is 16.5. The molecule has 0 spiro atoms. The van der Waals surface area contributed by atoms with Crippen molar-refractivity contribution in [1.29, 1.82) is 0 Å². The molecule has 0 fully saturated rings. The molecule has 0 radical (unpaired) electrons. The van der Waals surface area contributed by atoms with Crippen LogP contribution in [0, 0.1) is 0 Å². The minimum absolute atomic E-state index is 0.134. The van der Waals surface area contributed by atoms with Crippen molar-refractivity contribution < 1.29 is 13.2 Å². The van der Waals surface area contributed by atoms with Gasteiger partial charge in [-0.25, -0.2) is 8.42 Å². The Morgan fingerprint density at radius 2 is 1.52 bits per heavy atom. The van der Waals surface area contributed by atoms with E-state index in [-0.39, 0.29) is 36.8 Å². The van der Waals surface area contributed by atoms with Crippen LogP contribution in [-0.4, -0.2) is 37.5 Å². The number of hydrogen-bond acceptors (Lipinski definition) is 3. The summed E-state index contributed by atoms with van der Waals surface area (Å²) >= 11 is 0. The standard InChI is InChI=1S/C19H32N2O3S/c1-13(2)16-9-8-10-17(14(3)4)19(16)20-18(22)11-12-21(15(5)6)25(7,23)24/h8-10,13-15H,11-12H2,1-7H3,(H,20,22). The molecule has 0 saturated heterocycles. The number of carbonyl (C=O) groups excluding carboxylic acids is 1. The lowest BCUT2D eigenvalue weighted by Crippen LogP contribution is -2.38. The molecule has 1 rings (SSSR count). The van der Waals surface area contributed by atoms with Gasteiger partial charge in [0.2, 0.25) is 15.9 Å². The van der Waals surface area contributed by atoms with Crippen molar-refractivity contribution in [3.63, 3.8) is 0 Å². The Bertz CT molecular complexity index is 668. The number of benzene rings is 1. The molecule has 25 heavy (non-hydrogen) atoms. The van der Waals surface area contributed by atoms with Gasteiger partial charge in [-0.1, -0.05) is 45.9 Å². The summed E-state index contributed by atoms with van der Waals surface area (Å²) in [5.41, 5.74) is 3.07. The van der Waals surface area contributed by atoms with Crippen molar-refractivity contribution in [2.24, 2.45) is 0 Å². The predicted molar refractivity (Wildman–Crippen MR) is 105 cm³/mol. The molecule has 0 aliphatic carbocycles. The Morgan fingerprint density at radius 1 is 1.04 bits per heavy atom. The highest BCUT2D eigenvalue weighted by molar-refractivity contribution is 7.88. The Hall–Kier alpha value is -1.40. The lowest BCUT2D eigenvalue weighted by Gasteiger charge is -2.24. The molecule has 0 atom stereocenters. The maximum atomic E-state index is 12.5. The van der Waals surface area contributed by atoms with Gasteiger partial charge in [0, 0.05) is 24.7 Å². The molecular formula is C19H32N2O3S. The molecule has 0 aliphatic rings. The molecule has 6 heteroatoms. The number of carbonyl (C=O) groups is 1. The summed E-state index contributed by atoms with van der Waals surface area (Å²) in [5, 5.41) is 3.03. The third-order valence-corrected chi connectivity index (χ3v) is 5.65. The molecule has 1 amide bonds. The summed E-state index contributed by atoms with van der Waals surface area (Å²) in [7, 11) is -3.32. The van der Waals surface area contributed by atoms with Crippen LogP contribution in [0.15, 0.2) is 18.2 Å². The lowest BCUT2D eigenvalue weighted by atomic mass is 9.92. The number of para-hydroxylation sites is 1. The minimum Gasteiger partial charge on any atom is -0.326 e. The Morgan fingerprint density at radius 3 is 1.88 bits per heavy atom. The average Bonchev–Trinajstić information content (AvgIpc) is 2.45. The number of nitrogens with one attached hydrogen (secondary N) is 1. The monoisotopic (exact) mass is 368 g/mol. The van der Waals surface area contributed by atoms with Crippen LogP contribution in [0.25, 0.3) is 0 Å². The summed E-state index contributed by atoms with van der Waals surface area (Å²) in [4.78, 5) is 12.5. The number of nitrogens with zero attached hydrogens (tertiary/aromatic N) is 1. The van der Waals surface area contributed by atoms with Crippen LogP contribution in [0.4, 0.5) is 5.69 Å². The number of rotatable bonds is 8. The highest BCUT2D eigenvalue weighted by Crippen LogP contribution is 2.32. The van der Waals surface area contributed by atoms with Crippen LogP contribution in [-0.2, 0) is 14.8 Å². The number of hydrogen-bond donors (Lipinski definition) is 1. The first kappa shape index (κ1) is 21.6.